The summed E-state index contributed by atoms with van der Waals surface area (Å²) >= 11 is 3.20. The number of carbonyl (C=O) groups is 2. The monoisotopic (exact) mass is 394 g/mol. The van der Waals surface area contributed by atoms with E-state index < -0.39 is 6.04 Å². The summed E-state index contributed by atoms with van der Waals surface area (Å²) in [6, 6.07) is 6.91. The topological polar surface area (TPSA) is 58.2 Å². The molecule has 0 saturated heterocycles. The second-order valence-electron chi connectivity index (χ2n) is 7.26. The summed E-state index contributed by atoms with van der Waals surface area (Å²) in [5.41, 5.74) is 1.74. The Bertz CT molecular complexity index is 601. The third kappa shape index (κ3) is 6.11. The molecule has 5 heteroatoms. The number of amides is 2. The van der Waals surface area contributed by atoms with Gasteiger partial charge in [0.05, 0.1) is 0 Å². The first-order valence-corrected chi connectivity index (χ1v) is 8.84. The summed E-state index contributed by atoms with van der Waals surface area (Å²) in [7, 11) is 0. The molecule has 1 aromatic carbocycles. The van der Waals surface area contributed by atoms with E-state index in [0.29, 0.717) is 16.6 Å². The Hall–Kier alpha value is -1.62. The highest BCUT2D eigenvalue weighted by atomic mass is 79.9. The van der Waals surface area contributed by atoms with Gasteiger partial charge in [-0.1, -0.05) is 69.3 Å². The average molecular weight is 395 g/mol. The predicted molar refractivity (Wildman–Crippen MR) is 102 cm³/mol. The van der Waals surface area contributed by atoms with E-state index in [0.717, 1.165) is 5.56 Å². The van der Waals surface area contributed by atoms with E-state index in [2.05, 4.69) is 53.9 Å². The number of carbonyl (C=O) groups excluding carboxylic acids is 2. The van der Waals surface area contributed by atoms with Crippen molar-refractivity contribution in [2.24, 2.45) is 5.92 Å². The van der Waals surface area contributed by atoms with Crippen LogP contribution in [0.3, 0.4) is 0 Å². The van der Waals surface area contributed by atoms with E-state index in [-0.39, 0.29) is 23.1 Å². The van der Waals surface area contributed by atoms with Gasteiger partial charge in [-0.15, -0.1) is 0 Å². The number of hydrogen-bond donors (Lipinski definition) is 2. The zero-order chi connectivity index (χ0) is 18.5. The second kappa shape index (κ2) is 8.47. The van der Waals surface area contributed by atoms with Crippen LogP contribution in [0.1, 0.15) is 50.5 Å². The van der Waals surface area contributed by atoms with Gasteiger partial charge < -0.3 is 10.6 Å². The van der Waals surface area contributed by atoms with Gasteiger partial charge in [0.1, 0.15) is 6.04 Å². The predicted octanol–water partition coefficient (Wildman–Crippen LogP) is 3.76. The highest BCUT2D eigenvalue weighted by Gasteiger charge is 2.24. The van der Waals surface area contributed by atoms with Crippen LogP contribution in [0.2, 0.25) is 0 Å². The number of nitrogens with one attached hydrogen (secondary N) is 2. The molecule has 2 N–H and O–H groups in total. The Morgan fingerprint density at radius 3 is 2.12 bits per heavy atom. The maximum absolute atomic E-state index is 12.4. The molecule has 0 heterocycles. The van der Waals surface area contributed by atoms with Crippen molar-refractivity contribution >= 4 is 27.7 Å². The molecular weight excluding hydrogens is 368 g/mol. The summed E-state index contributed by atoms with van der Waals surface area (Å²) in [5, 5.41) is 5.57. The largest absolute Gasteiger partial charge is 0.350 e. The lowest BCUT2D eigenvalue weighted by atomic mass is 9.86. The smallest absolute Gasteiger partial charge is 0.251 e. The molecule has 0 aliphatic heterocycles. The Labute approximate surface area is 153 Å². The normalized spacial score (nSPS) is 12.6. The zero-order valence-corrected chi connectivity index (χ0v) is 16.7. The third-order valence-corrected chi connectivity index (χ3v) is 3.98. The minimum atomic E-state index is -0.591. The molecule has 2 amide bonds. The van der Waals surface area contributed by atoms with Crippen molar-refractivity contribution in [3.63, 3.8) is 0 Å². The number of halogens is 1. The molecule has 0 bridgehead atoms. The van der Waals surface area contributed by atoms with E-state index in [4.69, 9.17) is 0 Å². The lowest BCUT2D eigenvalue weighted by molar-refractivity contribution is -0.123. The number of rotatable bonds is 6. The fourth-order valence-corrected chi connectivity index (χ4v) is 2.31. The maximum atomic E-state index is 12.4. The fraction of sp³-hybridized carbons (Fsp3) is 0.474. The molecule has 0 spiro atoms. The second-order valence-corrected chi connectivity index (χ2v) is 8.38. The molecule has 132 valence electrons. The van der Waals surface area contributed by atoms with Crippen molar-refractivity contribution in [1.82, 2.24) is 10.6 Å². The summed E-state index contributed by atoms with van der Waals surface area (Å²) in [6.45, 7) is 14.2. The van der Waals surface area contributed by atoms with Crippen LogP contribution in [0.15, 0.2) is 35.3 Å². The zero-order valence-electron chi connectivity index (χ0n) is 15.1. The van der Waals surface area contributed by atoms with Crippen molar-refractivity contribution in [2.75, 3.05) is 6.54 Å². The average Bonchev–Trinajstić information content (AvgIpc) is 2.48. The van der Waals surface area contributed by atoms with Gasteiger partial charge in [0.2, 0.25) is 5.91 Å². The van der Waals surface area contributed by atoms with Gasteiger partial charge in [-0.2, -0.15) is 0 Å². The minimum absolute atomic E-state index is 0.0219. The van der Waals surface area contributed by atoms with E-state index in [9.17, 15) is 9.59 Å². The van der Waals surface area contributed by atoms with Crippen LogP contribution in [-0.4, -0.2) is 24.4 Å². The first-order chi connectivity index (χ1) is 11.0. The van der Waals surface area contributed by atoms with Crippen LogP contribution in [-0.2, 0) is 10.2 Å². The molecule has 0 aromatic heterocycles. The fourth-order valence-electron chi connectivity index (χ4n) is 2.17. The first kappa shape index (κ1) is 20.4. The molecule has 1 atom stereocenters. The van der Waals surface area contributed by atoms with Crippen molar-refractivity contribution in [2.45, 2.75) is 46.1 Å². The molecule has 1 rings (SSSR count). The molecule has 1 unspecified atom stereocenters. The van der Waals surface area contributed by atoms with E-state index in [1.54, 1.807) is 12.1 Å². The van der Waals surface area contributed by atoms with Gasteiger partial charge in [-0.3, -0.25) is 9.59 Å². The summed E-state index contributed by atoms with van der Waals surface area (Å²) in [6.07, 6.45) is 0. The van der Waals surface area contributed by atoms with Crippen LogP contribution >= 0.6 is 15.9 Å². The van der Waals surface area contributed by atoms with E-state index in [1.165, 1.54) is 0 Å². The van der Waals surface area contributed by atoms with Gasteiger partial charge in [0.15, 0.2) is 0 Å². The molecule has 0 saturated carbocycles. The lowest BCUT2D eigenvalue weighted by Crippen LogP contribution is -2.49. The standard InChI is InChI=1S/C19H27BrN2O2/c1-12(2)16(18(24)21-11-13(3)20)22-17(23)14-7-9-15(10-8-14)19(4,5)6/h7-10,12,16H,3,11H2,1-2,4-6H3,(H,21,24)(H,22,23). The third-order valence-electron chi connectivity index (χ3n) is 3.70. The van der Waals surface area contributed by atoms with Crippen molar-refractivity contribution < 1.29 is 9.59 Å². The van der Waals surface area contributed by atoms with Crippen LogP contribution in [0, 0.1) is 5.92 Å². The Kier molecular flexibility index (Phi) is 7.21. The summed E-state index contributed by atoms with van der Waals surface area (Å²) in [4.78, 5) is 24.7. The molecule has 1 aromatic rings. The van der Waals surface area contributed by atoms with Gasteiger partial charge in [0.25, 0.3) is 5.91 Å². The van der Waals surface area contributed by atoms with Crippen LogP contribution in [0.4, 0.5) is 0 Å². The molecular formula is C19H27BrN2O2. The molecule has 4 nitrogen and oxygen atoms in total. The minimum Gasteiger partial charge on any atom is -0.350 e. The molecule has 0 aliphatic carbocycles. The highest BCUT2D eigenvalue weighted by molar-refractivity contribution is 9.11. The number of benzene rings is 1. The van der Waals surface area contributed by atoms with Gasteiger partial charge >= 0.3 is 0 Å². The Morgan fingerprint density at radius 1 is 1.17 bits per heavy atom. The van der Waals surface area contributed by atoms with E-state index >= 15 is 0 Å². The van der Waals surface area contributed by atoms with Crippen LogP contribution in [0.25, 0.3) is 0 Å². The van der Waals surface area contributed by atoms with Crippen LogP contribution < -0.4 is 10.6 Å². The SMILES string of the molecule is C=C(Br)CNC(=O)C(NC(=O)c1ccc(C(C)(C)C)cc1)C(C)C. The summed E-state index contributed by atoms with van der Waals surface area (Å²) < 4.78 is 0.683. The Morgan fingerprint density at radius 2 is 1.71 bits per heavy atom. The van der Waals surface area contributed by atoms with Crippen molar-refractivity contribution in [1.29, 1.82) is 0 Å². The van der Waals surface area contributed by atoms with Crippen LogP contribution in [0.5, 0.6) is 0 Å². The highest BCUT2D eigenvalue weighted by Crippen LogP contribution is 2.22. The lowest BCUT2D eigenvalue weighted by Gasteiger charge is -2.22. The number of hydrogen-bond acceptors (Lipinski definition) is 2. The van der Waals surface area contributed by atoms with Gasteiger partial charge in [0, 0.05) is 16.6 Å². The molecule has 0 radical (unpaired) electrons. The molecule has 0 aliphatic rings. The van der Waals surface area contributed by atoms with Gasteiger partial charge in [-0.25, -0.2) is 0 Å². The first-order valence-electron chi connectivity index (χ1n) is 8.04. The molecule has 0 fully saturated rings. The summed E-state index contributed by atoms with van der Waals surface area (Å²) in [5.74, 6) is -0.487. The Balaban J connectivity index is 2.82. The quantitative estimate of drug-likeness (QED) is 0.771. The van der Waals surface area contributed by atoms with E-state index in [1.807, 2.05) is 26.0 Å². The van der Waals surface area contributed by atoms with Gasteiger partial charge in [-0.05, 0) is 29.0 Å². The van der Waals surface area contributed by atoms with Crippen molar-refractivity contribution in [3.8, 4) is 0 Å². The maximum Gasteiger partial charge on any atom is 0.251 e. The van der Waals surface area contributed by atoms with Crippen molar-refractivity contribution in [3.05, 3.63) is 46.5 Å². The molecule has 24 heavy (non-hydrogen) atoms.